The molecule has 0 radical (unpaired) electrons. The minimum Gasteiger partial charge on any atom is -0.335 e. The zero-order valence-electron chi connectivity index (χ0n) is 15.6. The number of nitrogens with zero attached hydrogens (tertiary/aromatic N) is 5. The third-order valence-corrected chi connectivity index (χ3v) is 5.24. The predicted octanol–water partition coefficient (Wildman–Crippen LogP) is 2.21. The van der Waals surface area contributed by atoms with Gasteiger partial charge in [-0.3, -0.25) is 4.68 Å². The molecule has 25 heavy (non-hydrogen) atoms. The van der Waals surface area contributed by atoms with Crippen molar-refractivity contribution in [3.05, 3.63) is 35.7 Å². The number of nitrogens with one attached hydrogen (secondary N) is 1. The van der Waals surface area contributed by atoms with Crippen LogP contribution in [-0.4, -0.2) is 49.4 Å². The first-order chi connectivity index (χ1) is 12.0. The fourth-order valence-electron chi connectivity index (χ4n) is 3.62. The van der Waals surface area contributed by atoms with Crippen molar-refractivity contribution >= 4 is 6.03 Å². The lowest BCUT2D eigenvalue weighted by atomic mass is 10.0. The van der Waals surface area contributed by atoms with E-state index in [2.05, 4.69) is 33.8 Å². The van der Waals surface area contributed by atoms with Crippen molar-refractivity contribution in [1.82, 2.24) is 29.5 Å². The zero-order chi connectivity index (χ0) is 18.0. The molecule has 0 spiro atoms. The fourth-order valence-corrected chi connectivity index (χ4v) is 3.62. The summed E-state index contributed by atoms with van der Waals surface area (Å²) < 4.78 is 4.05. The van der Waals surface area contributed by atoms with E-state index in [1.165, 1.54) is 11.3 Å². The first-order valence-corrected chi connectivity index (χ1v) is 8.97. The summed E-state index contributed by atoms with van der Waals surface area (Å²) >= 11 is 0. The van der Waals surface area contributed by atoms with Crippen LogP contribution in [0.5, 0.6) is 0 Å². The Morgan fingerprint density at radius 2 is 2.08 bits per heavy atom. The molecule has 7 heteroatoms. The number of amides is 2. The molecular formula is C18H28N6O. The number of urea groups is 1. The molecule has 0 bridgehead atoms. The Balaban J connectivity index is 1.50. The van der Waals surface area contributed by atoms with Crippen molar-refractivity contribution in [3.8, 4) is 0 Å². The molecule has 0 aromatic carbocycles. The molecule has 3 rings (SSSR count). The van der Waals surface area contributed by atoms with Crippen LogP contribution in [0.1, 0.15) is 42.8 Å². The van der Waals surface area contributed by atoms with Gasteiger partial charge in [0, 0.05) is 50.3 Å². The van der Waals surface area contributed by atoms with Gasteiger partial charge in [0.05, 0.1) is 12.0 Å². The molecule has 1 N–H and O–H groups in total. The number of hydrogen-bond donors (Lipinski definition) is 1. The second-order valence-corrected chi connectivity index (χ2v) is 7.06. The van der Waals surface area contributed by atoms with E-state index in [0.717, 1.165) is 38.0 Å². The number of rotatable bonds is 4. The van der Waals surface area contributed by atoms with Gasteiger partial charge in [-0.1, -0.05) is 0 Å². The van der Waals surface area contributed by atoms with Gasteiger partial charge >= 0.3 is 6.03 Å². The molecule has 2 aromatic rings. The molecule has 0 unspecified atom stereocenters. The number of piperidine rings is 1. The van der Waals surface area contributed by atoms with E-state index in [1.54, 1.807) is 0 Å². The standard InChI is InChI=1S/C18H28N6O/c1-13(11-17-14(2)21-22(4)15(17)3)20-18(25)23-8-5-16(6-9-23)24-10-7-19-12-24/h7,10,12-13,16H,5-6,8-9,11H2,1-4H3,(H,20,25)/t13-/m1/s1. The maximum absolute atomic E-state index is 12.5. The van der Waals surface area contributed by atoms with Crippen molar-refractivity contribution in [3.63, 3.8) is 0 Å². The third kappa shape index (κ3) is 3.86. The average molecular weight is 344 g/mol. The highest BCUT2D eigenvalue weighted by molar-refractivity contribution is 5.74. The van der Waals surface area contributed by atoms with Gasteiger partial charge in [0.2, 0.25) is 0 Å². The monoisotopic (exact) mass is 344 g/mol. The van der Waals surface area contributed by atoms with Crippen molar-refractivity contribution in [1.29, 1.82) is 0 Å². The normalized spacial score (nSPS) is 16.9. The predicted molar refractivity (Wildman–Crippen MR) is 96.5 cm³/mol. The van der Waals surface area contributed by atoms with Crippen LogP contribution in [0.15, 0.2) is 18.7 Å². The summed E-state index contributed by atoms with van der Waals surface area (Å²) in [7, 11) is 1.96. The van der Waals surface area contributed by atoms with Gasteiger partial charge in [0.25, 0.3) is 0 Å². The topological polar surface area (TPSA) is 68.0 Å². The highest BCUT2D eigenvalue weighted by Crippen LogP contribution is 2.22. The maximum Gasteiger partial charge on any atom is 0.317 e. The quantitative estimate of drug-likeness (QED) is 0.925. The number of aromatic nitrogens is 4. The number of imidazole rings is 1. The van der Waals surface area contributed by atoms with E-state index < -0.39 is 0 Å². The van der Waals surface area contributed by atoms with Crippen LogP contribution in [0, 0.1) is 13.8 Å². The van der Waals surface area contributed by atoms with E-state index in [0.29, 0.717) is 6.04 Å². The Morgan fingerprint density at radius 3 is 2.64 bits per heavy atom. The highest BCUT2D eigenvalue weighted by atomic mass is 16.2. The van der Waals surface area contributed by atoms with Crippen molar-refractivity contribution < 1.29 is 4.79 Å². The van der Waals surface area contributed by atoms with E-state index in [1.807, 2.05) is 42.3 Å². The molecule has 2 aromatic heterocycles. The summed E-state index contributed by atoms with van der Waals surface area (Å²) in [5.41, 5.74) is 3.44. The van der Waals surface area contributed by atoms with E-state index in [9.17, 15) is 4.79 Å². The van der Waals surface area contributed by atoms with Crippen LogP contribution in [0.3, 0.4) is 0 Å². The second-order valence-electron chi connectivity index (χ2n) is 7.06. The SMILES string of the molecule is Cc1nn(C)c(C)c1C[C@@H](C)NC(=O)N1CCC(n2ccnc2)CC1. The third-order valence-electron chi connectivity index (χ3n) is 5.24. The highest BCUT2D eigenvalue weighted by Gasteiger charge is 2.24. The number of carbonyl (C=O) groups excluding carboxylic acids is 1. The number of aryl methyl sites for hydroxylation is 2. The van der Waals surface area contributed by atoms with Crippen molar-refractivity contribution in [2.75, 3.05) is 13.1 Å². The molecular weight excluding hydrogens is 316 g/mol. The second kappa shape index (κ2) is 7.29. The molecule has 2 amide bonds. The molecule has 1 saturated heterocycles. The number of hydrogen-bond acceptors (Lipinski definition) is 3. The minimum atomic E-state index is 0.0378. The first-order valence-electron chi connectivity index (χ1n) is 8.97. The lowest BCUT2D eigenvalue weighted by molar-refractivity contribution is 0.169. The van der Waals surface area contributed by atoms with E-state index in [-0.39, 0.29) is 12.1 Å². The van der Waals surface area contributed by atoms with Gasteiger partial charge < -0.3 is 14.8 Å². The van der Waals surface area contributed by atoms with Gasteiger partial charge in [-0.15, -0.1) is 0 Å². The van der Waals surface area contributed by atoms with Crippen LogP contribution < -0.4 is 5.32 Å². The van der Waals surface area contributed by atoms with Crippen LogP contribution in [-0.2, 0) is 13.5 Å². The molecule has 0 saturated carbocycles. The summed E-state index contributed by atoms with van der Waals surface area (Å²) in [6, 6.07) is 0.570. The van der Waals surface area contributed by atoms with Gasteiger partial charge in [0.1, 0.15) is 0 Å². The molecule has 1 atom stereocenters. The summed E-state index contributed by atoms with van der Waals surface area (Å²) in [6.45, 7) is 7.73. The van der Waals surface area contributed by atoms with Crippen LogP contribution in [0.4, 0.5) is 4.79 Å². The number of likely N-dealkylation sites (tertiary alicyclic amines) is 1. The molecule has 1 fully saturated rings. The zero-order valence-corrected chi connectivity index (χ0v) is 15.6. The number of carbonyl (C=O) groups is 1. The Bertz CT molecular complexity index is 712. The van der Waals surface area contributed by atoms with Gasteiger partial charge in [-0.2, -0.15) is 5.10 Å². The lowest BCUT2D eigenvalue weighted by Crippen LogP contribution is -2.47. The van der Waals surface area contributed by atoms with Crippen LogP contribution >= 0.6 is 0 Å². The molecule has 7 nitrogen and oxygen atoms in total. The van der Waals surface area contributed by atoms with Gasteiger partial charge in [-0.25, -0.2) is 9.78 Å². The van der Waals surface area contributed by atoms with Crippen molar-refractivity contribution in [2.24, 2.45) is 7.05 Å². The first kappa shape index (κ1) is 17.5. The smallest absolute Gasteiger partial charge is 0.317 e. The van der Waals surface area contributed by atoms with Crippen molar-refractivity contribution in [2.45, 2.75) is 52.1 Å². The van der Waals surface area contributed by atoms with Gasteiger partial charge in [0.15, 0.2) is 0 Å². The summed E-state index contributed by atoms with van der Waals surface area (Å²) in [5, 5.41) is 7.59. The molecule has 136 valence electrons. The van der Waals surface area contributed by atoms with E-state index in [4.69, 9.17) is 0 Å². The summed E-state index contributed by atoms with van der Waals surface area (Å²) in [4.78, 5) is 18.6. The molecule has 3 heterocycles. The Kier molecular flexibility index (Phi) is 5.11. The maximum atomic E-state index is 12.5. The fraction of sp³-hybridized carbons (Fsp3) is 0.611. The molecule has 1 aliphatic heterocycles. The van der Waals surface area contributed by atoms with Crippen LogP contribution in [0.2, 0.25) is 0 Å². The summed E-state index contributed by atoms with van der Waals surface area (Å²) in [6.07, 6.45) is 8.42. The Labute approximate surface area is 149 Å². The van der Waals surface area contributed by atoms with E-state index >= 15 is 0 Å². The Morgan fingerprint density at radius 1 is 1.36 bits per heavy atom. The van der Waals surface area contributed by atoms with Crippen LogP contribution in [0.25, 0.3) is 0 Å². The lowest BCUT2D eigenvalue weighted by Gasteiger charge is -2.33. The van der Waals surface area contributed by atoms with Gasteiger partial charge in [-0.05, 0) is 45.6 Å². The molecule has 0 aliphatic carbocycles. The minimum absolute atomic E-state index is 0.0378. The summed E-state index contributed by atoms with van der Waals surface area (Å²) in [5.74, 6) is 0. The Hall–Kier alpha value is -2.31. The largest absolute Gasteiger partial charge is 0.335 e. The average Bonchev–Trinajstić information content (AvgIpc) is 3.20. The molecule has 1 aliphatic rings.